The summed E-state index contributed by atoms with van der Waals surface area (Å²) in [4.78, 5) is 39.0. The summed E-state index contributed by atoms with van der Waals surface area (Å²) in [7, 11) is -2.11. The maximum absolute atomic E-state index is 13.2. The van der Waals surface area contributed by atoms with Gasteiger partial charge in [0.05, 0.1) is 10.5 Å². The Morgan fingerprint density at radius 1 is 1.23 bits per heavy atom. The van der Waals surface area contributed by atoms with Gasteiger partial charge in [-0.2, -0.15) is 0 Å². The van der Waals surface area contributed by atoms with Crippen LogP contribution in [0, 0.1) is 12.8 Å². The molecule has 182 valence electrons. The van der Waals surface area contributed by atoms with E-state index in [2.05, 4.69) is 20.3 Å². The van der Waals surface area contributed by atoms with Gasteiger partial charge in [-0.15, -0.1) is 0 Å². The summed E-state index contributed by atoms with van der Waals surface area (Å²) in [5.41, 5.74) is 3.84. The monoisotopic (exact) mass is 493 g/mol. The lowest BCUT2D eigenvalue weighted by atomic mass is 10.0. The first-order chi connectivity index (χ1) is 16.6. The number of sulfone groups is 1. The van der Waals surface area contributed by atoms with E-state index in [1.165, 1.54) is 0 Å². The van der Waals surface area contributed by atoms with Crippen molar-refractivity contribution in [2.75, 3.05) is 13.3 Å². The first-order valence-corrected chi connectivity index (χ1v) is 13.4. The number of nitrogens with one attached hydrogen (secondary N) is 2. The molecular formula is C25H27N5O4S. The molecule has 2 N–H and O–H groups in total. The van der Waals surface area contributed by atoms with Gasteiger partial charge in [-0.25, -0.2) is 13.4 Å². The standard InChI is InChI=1S/C25H27N5O4S/c1-13-22(24(31)26-3)29-23(28-13)19-10-16(7-8-27-19)17-9-18-12-30(14(2)15-5-6-15)25(32)21(18)20(11-17)35(4,33)34/h7-11,14-15H,5-6,12H2,1-4H3,(H,26,31)(H,28,29). The number of aromatic nitrogens is 3. The summed E-state index contributed by atoms with van der Waals surface area (Å²) in [6, 6.07) is 7.12. The molecule has 1 unspecified atom stereocenters. The number of carbonyl (C=O) groups excluding carboxylic acids is 2. The zero-order chi connectivity index (χ0) is 25.1. The fraction of sp³-hybridized carbons (Fsp3) is 0.360. The minimum atomic E-state index is -3.65. The van der Waals surface area contributed by atoms with E-state index in [9.17, 15) is 18.0 Å². The molecule has 5 rings (SSSR count). The van der Waals surface area contributed by atoms with Gasteiger partial charge in [0.25, 0.3) is 11.8 Å². The summed E-state index contributed by atoms with van der Waals surface area (Å²) in [5.74, 6) is 0.405. The maximum Gasteiger partial charge on any atom is 0.271 e. The Hall–Kier alpha value is -3.53. The number of aryl methyl sites for hydroxylation is 1. The summed E-state index contributed by atoms with van der Waals surface area (Å²) in [6.07, 6.45) is 4.94. The number of pyridine rings is 1. The number of aromatic amines is 1. The number of nitrogens with zero attached hydrogens (tertiary/aromatic N) is 3. The third-order valence-corrected chi connectivity index (χ3v) is 7.98. The van der Waals surface area contributed by atoms with Crippen LogP contribution in [0.1, 0.15) is 51.9 Å². The third kappa shape index (κ3) is 4.12. The van der Waals surface area contributed by atoms with Crippen molar-refractivity contribution in [1.82, 2.24) is 25.2 Å². The number of hydrogen-bond donors (Lipinski definition) is 2. The fourth-order valence-electron chi connectivity index (χ4n) is 4.72. The molecule has 0 bridgehead atoms. The minimum absolute atomic E-state index is 0.0506. The van der Waals surface area contributed by atoms with Crippen LogP contribution in [-0.4, -0.2) is 59.4 Å². The van der Waals surface area contributed by atoms with E-state index in [4.69, 9.17) is 0 Å². The molecule has 0 saturated heterocycles. The number of H-pyrrole nitrogens is 1. The number of benzene rings is 1. The molecule has 2 amide bonds. The first-order valence-electron chi connectivity index (χ1n) is 11.5. The molecule has 3 heterocycles. The highest BCUT2D eigenvalue weighted by atomic mass is 32.2. The van der Waals surface area contributed by atoms with Crippen molar-refractivity contribution < 1.29 is 18.0 Å². The van der Waals surface area contributed by atoms with Gasteiger partial charge in [0.1, 0.15) is 11.4 Å². The molecule has 1 aliphatic carbocycles. The number of imidazole rings is 1. The second-order valence-electron chi connectivity index (χ2n) is 9.36. The van der Waals surface area contributed by atoms with Gasteiger partial charge in [0.2, 0.25) is 0 Å². The number of fused-ring (bicyclic) bond motifs is 1. The Morgan fingerprint density at radius 2 is 1.97 bits per heavy atom. The summed E-state index contributed by atoms with van der Waals surface area (Å²) in [6.45, 7) is 4.19. The molecule has 3 aromatic rings. The Labute approximate surface area is 203 Å². The van der Waals surface area contributed by atoms with E-state index >= 15 is 0 Å². The van der Waals surface area contributed by atoms with Gasteiger partial charge in [0, 0.05) is 37.8 Å². The van der Waals surface area contributed by atoms with Crippen molar-refractivity contribution in [3.8, 4) is 22.6 Å². The van der Waals surface area contributed by atoms with E-state index in [0.717, 1.165) is 30.2 Å². The van der Waals surface area contributed by atoms with E-state index in [1.807, 2.05) is 13.0 Å². The van der Waals surface area contributed by atoms with Crippen LogP contribution in [0.15, 0.2) is 35.4 Å². The average Bonchev–Trinajstić information content (AvgIpc) is 3.53. The van der Waals surface area contributed by atoms with Gasteiger partial charge >= 0.3 is 0 Å². The lowest BCUT2D eigenvalue weighted by molar-refractivity contribution is 0.0694. The van der Waals surface area contributed by atoms with Crippen LogP contribution in [0.5, 0.6) is 0 Å². The van der Waals surface area contributed by atoms with Crippen LogP contribution < -0.4 is 5.32 Å². The van der Waals surface area contributed by atoms with E-state index in [1.54, 1.807) is 43.3 Å². The van der Waals surface area contributed by atoms with E-state index in [-0.39, 0.29) is 34.0 Å². The molecule has 1 atom stereocenters. The molecule has 2 aromatic heterocycles. The van der Waals surface area contributed by atoms with Gasteiger partial charge in [-0.1, -0.05) is 0 Å². The summed E-state index contributed by atoms with van der Waals surface area (Å²) >= 11 is 0. The maximum atomic E-state index is 13.2. The predicted octanol–water partition coefficient (Wildman–Crippen LogP) is 2.96. The SMILES string of the molecule is CNC(=O)c1nc(-c2cc(-c3cc4c(c(S(C)(=O)=O)c3)C(=O)N(C(C)C3CC3)C4)ccn2)[nH]c1C. The van der Waals surface area contributed by atoms with Crippen LogP contribution in [0.2, 0.25) is 0 Å². The van der Waals surface area contributed by atoms with Crippen molar-refractivity contribution in [2.45, 2.75) is 44.2 Å². The second kappa shape index (κ2) is 8.30. The third-order valence-electron chi connectivity index (χ3n) is 6.86. The molecule has 0 spiro atoms. The topological polar surface area (TPSA) is 125 Å². The zero-order valence-electron chi connectivity index (χ0n) is 20.0. The second-order valence-corrected chi connectivity index (χ2v) is 11.3. The molecule has 1 aliphatic heterocycles. The Balaban J connectivity index is 1.58. The fourth-order valence-corrected chi connectivity index (χ4v) is 5.65. The van der Waals surface area contributed by atoms with E-state index < -0.39 is 9.84 Å². The first kappa shape index (κ1) is 23.2. The van der Waals surface area contributed by atoms with Crippen LogP contribution in [0.3, 0.4) is 0 Å². The molecule has 35 heavy (non-hydrogen) atoms. The Morgan fingerprint density at radius 3 is 2.63 bits per heavy atom. The Bertz CT molecular complexity index is 1470. The van der Waals surface area contributed by atoms with Crippen molar-refractivity contribution >= 4 is 21.7 Å². The molecular weight excluding hydrogens is 466 g/mol. The highest BCUT2D eigenvalue weighted by molar-refractivity contribution is 7.90. The molecule has 1 aromatic carbocycles. The highest BCUT2D eigenvalue weighted by Gasteiger charge is 2.40. The molecule has 2 aliphatic rings. The normalized spacial score (nSPS) is 16.3. The van der Waals surface area contributed by atoms with Gasteiger partial charge < -0.3 is 15.2 Å². The van der Waals surface area contributed by atoms with Crippen LogP contribution in [0.4, 0.5) is 0 Å². The van der Waals surface area contributed by atoms with Crippen molar-refractivity contribution in [2.24, 2.45) is 5.92 Å². The molecule has 1 fully saturated rings. The van der Waals surface area contributed by atoms with Crippen molar-refractivity contribution in [3.05, 3.63) is 53.0 Å². The Kier molecular flexibility index (Phi) is 5.51. The van der Waals surface area contributed by atoms with Gasteiger partial charge in [0.15, 0.2) is 15.7 Å². The number of rotatable bonds is 6. The van der Waals surface area contributed by atoms with Crippen LogP contribution in [0.25, 0.3) is 22.6 Å². The minimum Gasteiger partial charge on any atom is -0.354 e. The highest BCUT2D eigenvalue weighted by Crippen LogP contribution is 2.41. The largest absolute Gasteiger partial charge is 0.354 e. The summed E-state index contributed by atoms with van der Waals surface area (Å²) < 4.78 is 25.5. The van der Waals surface area contributed by atoms with Crippen molar-refractivity contribution in [1.29, 1.82) is 0 Å². The number of amides is 2. The van der Waals surface area contributed by atoms with Crippen molar-refractivity contribution in [3.63, 3.8) is 0 Å². The molecule has 10 heteroatoms. The predicted molar refractivity (Wildman–Crippen MR) is 131 cm³/mol. The lowest BCUT2D eigenvalue weighted by Crippen LogP contribution is -2.35. The quantitative estimate of drug-likeness (QED) is 0.544. The van der Waals surface area contributed by atoms with Gasteiger partial charge in [-0.05, 0) is 73.6 Å². The molecule has 9 nitrogen and oxygen atoms in total. The smallest absolute Gasteiger partial charge is 0.271 e. The molecule has 0 radical (unpaired) electrons. The number of hydrogen-bond acceptors (Lipinski definition) is 6. The average molecular weight is 494 g/mol. The lowest BCUT2D eigenvalue weighted by Gasteiger charge is -2.24. The molecule has 1 saturated carbocycles. The summed E-state index contributed by atoms with van der Waals surface area (Å²) in [5, 5.41) is 2.56. The zero-order valence-corrected chi connectivity index (χ0v) is 20.9. The van der Waals surface area contributed by atoms with Gasteiger partial charge in [-0.3, -0.25) is 14.6 Å². The van der Waals surface area contributed by atoms with Crippen LogP contribution in [-0.2, 0) is 16.4 Å². The van der Waals surface area contributed by atoms with Crippen LogP contribution >= 0.6 is 0 Å². The van der Waals surface area contributed by atoms with E-state index in [0.29, 0.717) is 35.2 Å². The number of carbonyl (C=O) groups is 2.